The van der Waals surface area contributed by atoms with Gasteiger partial charge in [0.05, 0.1) is 18.7 Å². The van der Waals surface area contributed by atoms with Gasteiger partial charge in [-0.05, 0) is 11.6 Å². The molecule has 130 valence electrons. The number of benzene rings is 1. The summed E-state index contributed by atoms with van der Waals surface area (Å²) in [6.45, 7) is 4.49. The smallest absolute Gasteiger partial charge is 0.339 e. The number of carbonyl (C=O) groups excluding carboxylic acids is 2. The molecule has 2 amide bonds. The van der Waals surface area contributed by atoms with Crippen LogP contribution in [0.1, 0.15) is 15.9 Å². The second-order valence-corrected chi connectivity index (χ2v) is 5.38. The molecule has 1 aliphatic rings. The van der Waals surface area contributed by atoms with E-state index < -0.39 is 12.1 Å². The van der Waals surface area contributed by atoms with E-state index in [4.69, 9.17) is 14.2 Å². The molecule has 0 N–H and O–H groups in total. The lowest BCUT2D eigenvalue weighted by Crippen LogP contribution is -2.57. The number of rotatable bonds is 7. The molecule has 1 aromatic carbocycles. The fraction of sp³-hybridized carbons (Fsp3) is 0.412. The summed E-state index contributed by atoms with van der Waals surface area (Å²) in [7, 11) is 3.01. The van der Waals surface area contributed by atoms with Crippen molar-refractivity contribution in [1.29, 1.82) is 0 Å². The second kappa shape index (κ2) is 8.47. The van der Waals surface area contributed by atoms with Crippen LogP contribution in [-0.2, 0) is 14.2 Å². The normalized spacial score (nSPS) is 15.5. The molecule has 0 atom stereocenters. The molecule has 1 aromatic rings. The van der Waals surface area contributed by atoms with Gasteiger partial charge in [-0.25, -0.2) is 9.59 Å². The Kier molecular flexibility index (Phi) is 6.34. The molecule has 1 heterocycles. The van der Waals surface area contributed by atoms with E-state index in [1.807, 2.05) is 6.07 Å². The summed E-state index contributed by atoms with van der Waals surface area (Å²) in [6.07, 6.45) is 1.13. The van der Waals surface area contributed by atoms with Crippen molar-refractivity contribution in [2.75, 3.05) is 40.8 Å². The number of esters is 1. The quantitative estimate of drug-likeness (QED) is 0.711. The van der Waals surface area contributed by atoms with E-state index in [1.165, 1.54) is 24.0 Å². The van der Waals surface area contributed by atoms with Crippen LogP contribution < -0.4 is 0 Å². The monoisotopic (exact) mass is 334 g/mol. The van der Waals surface area contributed by atoms with Crippen molar-refractivity contribution in [2.24, 2.45) is 0 Å². The van der Waals surface area contributed by atoms with Gasteiger partial charge in [0.2, 0.25) is 0 Å². The minimum Gasteiger partial charge on any atom is -0.455 e. The van der Waals surface area contributed by atoms with Crippen LogP contribution in [0.4, 0.5) is 4.79 Å². The zero-order chi connectivity index (χ0) is 17.5. The highest BCUT2D eigenvalue weighted by atomic mass is 16.5. The third kappa shape index (κ3) is 4.12. The van der Waals surface area contributed by atoms with E-state index in [0.717, 1.165) is 0 Å². The highest BCUT2D eigenvalue weighted by Crippen LogP contribution is 2.16. The Morgan fingerprint density at radius 1 is 1.21 bits per heavy atom. The number of methoxy groups -OCH3 is 2. The van der Waals surface area contributed by atoms with Crippen LogP contribution in [0.2, 0.25) is 0 Å². The molecule has 1 saturated heterocycles. The van der Waals surface area contributed by atoms with Crippen molar-refractivity contribution in [3.05, 3.63) is 42.0 Å². The summed E-state index contributed by atoms with van der Waals surface area (Å²) in [5, 5.41) is 0. The first kappa shape index (κ1) is 18.0. The molecular weight excluding hydrogens is 312 g/mol. The minimum absolute atomic E-state index is 0.121. The molecule has 0 saturated carbocycles. The summed E-state index contributed by atoms with van der Waals surface area (Å²) >= 11 is 0. The standard InChI is InChI=1S/C17H22N2O5/c1-4-13-7-5-6-8-15(13)16(20)24-14-9-18(11-22-2)17(21)19(10-14)12-23-3/h4-8,14H,1,9-12H2,2-3H3. The van der Waals surface area contributed by atoms with Crippen molar-refractivity contribution in [3.63, 3.8) is 0 Å². The number of amides is 2. The van der Waals surface area contributed by atoms with Crippen molar-refractivity contribution in [3.8, 4) is 0 Å². The van der Waals surface area contributed by atoms with Crippen LogP contribution in [0.5, 0.6) is 0 Å². The van der Waals surface area contributed by atoms with Crippen LogP contribution in [0, 0.1) is 0 Å². The number of hydrogen-bond acceptors (Lipinski definition) is 5. The van der Waals surface area contributed by atoms with Gasteiger partial charge in [0.1, 0.15) is 19.6 Å². The van der Waals surface area contributed by atoms with Crippen LogP contribution in [0.15, 0.2) is 30.8 Å². The Bertz CT molecular complexity index is 586. The molecule has 24 heavy (non-hydrogen) atoms. The number of nitrogens with zero attached hydrogens (tertiary/aromatic N) is 2. The predicted molar refractivity (Wildman–Crippen MR) is 88.3 cm³/mol. The summed E-state index contributed by atoms with van der Waals surface area (Å²) in [6, 6.07) is 6.86. The highest BCUT2D eigenvalue weighted by molar-refractivity contribution is 5.93. The van der Waals surface area contributed by atoms with Gasteiger partial charge in [0.15, 0.2) is 0 Å². The maximum Gasteiger partial charge on any atom is 0.339 e. The minimum atomic E-state index is -0.474. The van der Waals surface area contributed by atoms with Crippen LogP contribution >= 0.6 is 0 Å². The molecule has 2 rings (SSSR count). The van der Waals surface area contributed by atoms with Crippen molar-refractivity contribution >= 4 is 18.1 Å². The van der Waals surface area contributed by atoms with Gasteiger partial charge in [0, 0.05) is 14.2 Å². The third-order valence-corrected chi connectivity index (χ3v) is 3.63. The molecule has 0 radical (unpaired) electrons. The van der Waals surface area contributed by atoms with E-state index >= 15 is 0 Å². The third-order valence-electron chi connectivity index (χ3n) is 3.63. The first-order valence-corrected chi connectivity index (χ1v) is 7.54. The van der Waals surface area contributed by atoms with Gasteiger partial charge in [-0.2, -0.15) is 0 Å². The molecule has 1 aliphatic heterocycles. The molecule has 7 heteroatoms. The Morgan fingerprint density at radius 2 is 1.79 bits per heavy atom. The molecule has 0 aromatic heterocycles. The molecule has 0 unspecified atom stereocenters. The van der Waals surface area contributed by atoms with Crippen molar-refractivity contribution in [2.45, 2.75) is 6.10 Å². The highest BCUT2D eigenvalue weighted by Gasteiger charge is 2.34. The Hall–Kier alpha value is -2.38. The number of hydrogen-bond donors (Lipinski definition) is 0. The predicted octanol–water partition coefficient (Wildman–Crippen LogP) is 1.80. The lowest BCUT2D eigenvalue weighted by atomic mass is 10.1. The lowest BCUT2D eigenvalue weighted by molar-refractivity contribution is -0.0401. The van der Waals surface area contributed by atoms with E-state index in [9.17, 15) is 9.59 Å². The molecule has 1 fully saturated rings. The first-order valence-electron chi connectivity index (χ1n) is 7.54. The van der Waals surface area contributed by atoms with Crippen molar-refractivity contribution < 1.29 is 23.8 Å². The lowest BCUT2D eigenvalue weighted by Gasteiger charge is -2.38. The van der Waals surface area contributed by atoms with Gasteiger partial charge < -0.3 is 14.2 Å². The van der Waals surface area contributed by atoms with Crippen LogP contribution in [0.3, 0.4) is 0 Å². The summed E-state index contributed by atoms with van der Waals surface area (Å²) in [4.78, 5) is 27.6. The van der Waals surface area contributed by atoms with E-state index in [2.05, 4.69) is 6.58 Å². The SMILES string of the molecule is C=Cc1ccccc1C(=O)OC1CN(COC)C(=O)N(COC)C1. The zero-order valence-corrected chi connectivity index (χ0v) is 13.9. The molecule has 0 bridgehead atoms. The molecule has 0 aliphatic carbocycles. The number of urea groups is 1. The summed E-state index contributed by atoms with van der Waals surface area (Å²) in [5.41, 5.74) is 1.15. The summed E-state index contributed by atoms with van der Waals surface area (Å²) < 4.78 is 15.7. The number of carbonyl (C=O) groups is 2. The first-order chi connectivity index (χ1) is 11.6. The van der Waals surface area contributed by atoms with Crippen molar-refractivity contribution in [1.82, 2.24) is 9.80 Å². The number of ether oxygens (including phenoxy) is 3. The zero-order valence-electron chi connectivity index (χ0n) is 13.9. The molecule has 7 nitrogen and oxygen atoms in total. The topological polar surface area (TPSA) is 68.3 Å². The average molecular weight is 334 g/mol. The fourth-order valence-corrected chi connectivity index (χ4v) is 2.58. The average Bonchev–Trinajstić information content (AvgIpc) is 2.59. The molecule has 0 spiro atoms. The van der Waals surface area contributed by atoms with Gasteiger partial charge >= 0.3 is 12.0 Å². The fourth-order valence-electron chi connectivity index (χ4n) is 2.58. The Labute approximate surface area is 141 Å². The second-order valence-electron chi connectivity index (χ2n) is 5.38. The van der Waals surface area contributed by atoms with Gasteiger partial charge in [-0.3, -0.25) is 9.80 Å². The van der Waals surface area contributed by atoms with E-state index in [0.29, 0.717) is 11.1 Å². The van der Waals surface area contributed by atoms with Gasteiger partial charge in [-0.1, -0.05) is 30.9 Å². The Balaban J connectivity index is 2.11. The maximum atomic E-state index is 12.4. The largest absolute Gasteiger partial charge is 0.455 e. The molecular formula is C17H22N2O5. The van der Waals surface area contributed by atoms with Crippen LogP contribution in [0.25, 0.3) is 6.08 Å². The van der Waals surface area contributed by atoms with E-state index in [1.54, 1.807) is 24.3 Å². The maximum absolute atomic E-state index is 12.4. The van der Waals surface area contributed by atoms with E-state index in [-0.39, 0.29) is 32.6 Å². The summed E-state index contributed by atoms with van der Waals surface area (Å²) in [5.74, 6) is -0.445. The Morgan fingerprint density at radius 3 is 2.33 bits per heavy atom. The van der Waals surface area contributed by atoms with Crippen LogP contribution in [-0.4, -0.2) is 68.7 Å². The van der Waals surface area contributed by atoms with Gasteiger partial charge in [-0.15, -0.1) is 0 Å². The van der Waals surface area contributed by atoms with Gasteiger partial charge in [0.25, 0.3) is 0 Å².